The van der Waals surface area contributed by atoms with Gasteiger partial charge in [0.1, 0.15) is 5.75 Å². The van der Waals surface area contributed by atoms with Crippen LogP contribution in [-0.4, -0.2) is 38.0 Å². The lowest BCUT2D eigenvalue weighted by Crippen LogP contribution is -2.15. The van der Waals surface area contributed by atoms with Crippen LogP contribution in [0.4, 0.5) is 20.2 Å². The lowest BCUT2D eigenvalue weighted by molar-refractivity contribution is -0.384. The number of allylic oxidation sites excluding steroid dienone is 1. The van der Waals surface area contributed by atoms with Crippen molar-refractivity contribution in [3.8, 4) is 17.1 Å². The molecule has 0 unspecified atom stereocenters. The van der Waals surface area contributed by atoms with Crippen LogP contribution in [0.2, 0.25) is 5.02 Å². The van der Waals surface area contributed by atoms with Crippen LogP contribution in [0.25, 0.3) is 11.4 Å². The topological polar surface area (TPSA) is 112 Å². The molecule has 172 valence electrons. The number of carbonyl (C=O) groups is 1. The SMILES string of the molecule is C=CCn1c(SCC(=O)Nc2cc([N+](=O)[O-])ccc2Cl)nnc1-c1ccc(OC(F)F)cc1. The number of halogens is 3. The smallest absolute Gasteiger partial charge is 0.387 e. The molecule has 0 saturated carbocycles. The van der Waals surface area contributed by atoms with Crippen molar-refractivity contribution in [3.63, 3.8) is 0 Å². The number of alkyl halides is 2. The minimum absolute atomic E-state index is 0.00890. The number of aromatic nitrogens is 3. The van der Waals surface area contributed by atoms with Crippen molar-refractivity contribution in [3.05, 3.63) is 70.3 Å². The highest BCUT2D eigenvalue weighted by Gasteiger charge is 2.17. The van der Waals surface area contributed by atoms with E-state index in [0.717, 1.165) is 11.8 Å². The summed E-state index contributed by atoms with van der Waals surface area (Å²) in [5.74, 6) is -0.0708. The van der Waals surface area contributed by atoms with Crippen molar-refractivity contribution in [2.45, 2.75) is 18.3 Å². The number of carbonyl (C=O) groups excluding carboxylic acids is 1. The van der Waals surface area contributed by atoms with Crippen LogP contribution in [0.1, 0.15) is 0 Å². The van der Waals surface area contributed by atoms with Gasteiger partial charge < -0.3 is 10.1 Å². The van der Waals surface area contributed by atoms with Gasteiger partial charge in [-0.15, -0.1) is 16.8 Å². The Labute approximate surface area is 195 Å². The van der Waals surface area contributed by atoms with E-state index in [9.17, 15) is 23.7 Å². The van der Waals surface area contributed by atoms with Crippen LogP contribution in [0.15, 0.2) is 60.3 Å². The second kappa shape index (κ2) is 10.9. The van der Waals surface area contributed by atoms with Crippen molar-refractivity contribution in [2.24, 2.45) is 0 Å². The first-order valence-electron chi connectivity index (χ1n) is 9.24. The van der Waals surface area contributed by atoms with Crippen LogP contribution in [0.3, 0.4) is 0 Å². The molecule has 1 amide bonds. The third-order valence-electron chi connectivity index (χ3n) is 4.13. The Balaban J connectivity index is 1.72. The minimum atomic E-state index is -2.92. The fourth-order valence-corrected chi connectivity index (χ4v) is 3.64. The molecule has 0 radical (unpaired) electrons. The molecule has 0 fully saturated rings. The van der Waals surface area contributed by atoms with Crippen molar-refractivity contribution in [1.82, 2.24) is 14.8 Å². The zero-order valence-corrected chi connectivity index (χ0v) is 18.4. The van der Waals surface area contributed by atoms with Gasteiger partial charge in [0.15, 0.2) is 11.0 Å². The molecule has 1 N–H and O–H groups in total. The lowest BCUT2D eigenvalue weighted by Gasteiger charge is -2.09. The first kappa shape index (κ1) is 24.1. The van der Waals surface area contributed by atoms with E-state index in [2.05, 4.69) is 26.8 Å². The van der Waals surface area contributed by atoms with Gasteiger partial charge in [-0.05, 0) is 30.3 Å². The van der Waals surface area contributed by atoms with E-state index in [4.69, 9.17) is 11.6 Å². The summed E-state index contributed by atoms with van der Waals surface area (Å²) >= 11 is 7.09. The fourth-order valence-electron chi connectivity index (χ4n) is 2.73. The van der Waals surface area contributed by atoms with Gasteiger partial charge in [-0.25, -0.2) is 0 Å². The third kappa shape index (κ3) is 6.26. The van der Waals surface area contributed by atoms with E-state index in [-0.39, 0.29) is 27.9 Å². The number of hydrogen-bond acceptors (Lipinski definition) is 7. The summed E-state index contributed by atoms with van der Waals surface area (Å²) in [7, 11) is 0. The molecule has 33 heavy (non-hydrogen) atoms. The average Bonchev–Trinajstić information content (AvgIpc) is 3.16. The van der Waals surface area contributed by atoms with Gasteiger partial charge >= 0.3 is 6.61 Å². The minimum Gasteiger partial charge on any atom is -0.435 e. The summed E-state index contributed by atoms with van der Waals surface area (Å²) in [6, 6.07) is 9.63. The Morgan fingerprint density at radius 3 is 2.67 bits per heavy atom. The van der Waals surface area contributed by atoms with Gasteiger partial charge in [-0.2, -0.15) is 8.78 Å². The molecular weight excluding hydrogens is 480 g/mol. The fraction of sp³-hybridized carbons (Fsp3) is 0.150. The molecule has 0 saturated heterocycles. The maximum Gasteiger partial charge on any atom is 0.387 e. The first-order chi connectivity index (χ1) is 15.8. The average molecular weight is 496 g/mol. The van der Waals surface area contributed by atoms with Gasteiger partial charge in [0.2, 0.25) is 5.91 Å². The number of nitro benzene ring substituents is 1. The summed E-state index contributed by atoms with van der Waals surface area (Å²) < 4.78 is 30.7. The van der Waals surface area contributed by atoms with E-state index in [0.29, 0.717) is 23.1 Å². The molecular formula is C20H16ClF2N5O4S. The molecule has 3 aromatic rings. The summed E-state index contributed by atoms with van der Waals surface area (Å²) in [6.45, 7) is 1.11. The molecule has 13 heteroatoms. The zero-order chi connectivity index (χ0) is 24.0. The first-order valence-corrected chi connectivity index (χ1v) is 10.6. The monoisotopic (exact) mass is 495 g/mol. The molecule has 0 aliphatic heterocycles. The van der Waals surface area contributed by atoms with Crippen molar-refractivity contribution in [1.29, 1.82) is 0 Å². The Hall–Kier alpha value is -3.51. The number of ether oxygens (including phenoxy) is 1. The molecule has 3 rings (SSSR count). The molecule has 0 atom stereocenters. The number of nitro groups is 1. The number of nitrogens with zero attached hydrogens (tertiary/aromatic N) is 4. The summed E-state index contributed by atoms with van der Waals surface area (Å²) in [6.07, 6.45) is 1.62. The zero-order valence-electron chi connectivity index (χ0n) is 16.8. The van der Waals surface area contributed by atoms with Crippen LogP contribution in [0.5, 0.6) is 5.75 Å². The maximum atomic E-state index is 12.4. The number of anilines is 1. The van der Waals surface area contributed by atoms with Crippen LogP contribution < -0.4 is 10.1 Å². The highest BCUT2D eigenvalue weighted by Crippen LogP contribution is 2.28. The van der Waals surface area contributed by atoms with Crippen molar-refractivity contribution in [2.75, 3.05) is 11.1 Å². The third-order valence-corrected chi connectivity index (χ3v) is 5.43. The van der Waals surface area contributed by atoms with Crippen molar-refractivity contribution >= 4 is 40.6 Å². The lowest BCUT2D eigenvalue weighted by atomic mass is 10.2. The van der Waals surface area contributed by atoms with E-state index in [1.54, 1.807) is 22.8 Å². The molecule has 9 nitrogen and oxygen atoms in total. The van der Waals surface area contributed by atoms with Gasteiger partial charge in [-0.3, -0.25) is 19.5 Å². The predicted molar refractivity (Wildman–Crippen MR) is 120 cm³/mol. The Morgan fingerprint density at radius 2 is 2.03 bits per heavy atom. The van der Waals surface area contributed by atoms with Gasteiger partial charge in [0.05, 0.1) is 21.4 Å². The Morgan fingerprint density at radius 1 is 1.30 bits per heavy atom. The van der Waals surface area contributed by atoms with Crippen molar-refractivity contribution < 1.29 is 23.2 Å². The second-order valence-electron chi connectivity index (χ2n) is 6.37. The maximum absolute atomic E-state index is 12.4. The Kier molecular flexibility index (Phi) is 7.96. The number of rotatable bonds is 10. The molecule has 1 heterocycles. The van der Waals surface area contributed by atoms with E-state index >= 15 is 0 Å². The standard InChI is InChI=1S/C20H16ClF2N5O4S/c1-2-9-27-18(12-3-6-14(7-4-12)32-19(22)23)25-26-20(27)33-11-17(29)24-16-10-13(28(30)31)5-8-15(16)21/h2-8,10,19H,1,9,11H2,(H,24,29). The summed E-state index contributed by atoms with van der Waals surface area (Å²) in [4.78, 5) is 22.7. The number of benzene rings is 2. The number of hydrogen-bond donors (Lipinski definition) is 1. The van der Waals surface area contributed by atoms with E-state index in [1.807, 2.05) is 0 Å². The molecule has 0 aliphatic rings. The van der Waals surface area contributed by atoms with Gasteiger partial charge in [0.25, 0.3) is 5.69 Å². The normalized spacial score (nSPS) is 10.8. The van der Waals surface area contributed by atoms with E-state index in [1.165, 1.54) is 30.3 Å². The highest BCUT2D eigenvalue weighted by atomic mass is 35.5. The number of amides is 1. The molecule has 2 aromatic carbocycles. The molecule has 0 bridgehead atoms. The van der Waals surface area contributed by atoms with Crippen LogP contribution >= 0.6 is 23.4 Å². The van der Waals surface area contributed by atoms with Gasteiger partial charge in [-0.1, -0.05) is 29.4 Å². The van der Waals surface area contributed by atoms with Crippen LogP contribution in [0, 0.1) is 10.1 Å². The highest BCUT2D eigenvalue weighted by molar-refractivity contribution is 7.99. The quantitative estimate of drug-likeness (QED) is 0.182. The van der Waals surface area contributed by atoms with Gasteiger partial charge in [0, 0.05) is 24.2 Å². The molecule has 0 aliphatic carbocycles. The van der Waals surface area contributed by atoms with Crippen LogP contribution in [-0.2, 0) is 11.3 Å². The second-order valence-corrected chi connectivity index (χ2v) is 7.72. The number of non-ortho nitro benzene ring substituents is 1. The van der Waals surface area contributed by atoms with E-state index < -0.39 is 17.4 Å². The Bertz CT molecular complexity index is 1170. The summed E-state index contributed by atoms with van der Waals surface area (Å²) in [5, 5.41) is 22.3. The number of thioether (sulfide) groups is 1. The number of nitrogens with one attached hydrogen (secondary N) is 1. The molecule has 1 aromatic heterocycles. The molecule has 0 spiro atoms. The summed E-state index contributed by atoms with van der Waals surface area (Å²) in [5.41, 5.74) is 0.518. The predicted octanol–water partition coefficient (Wildman–Crippen LogP) is 5.02. The largest absolute Gasteiger partial charge is 0.435 e.